The highest BCUT2D eigenvalue weighted by molar-refractivity contribution is 5.91. The van der Waals surface area contributed by atoms with E-state index in [1.807, 2.05) is 0 Å². The molecule has 2 heterocycles. The van der Waals surface area contributed by atoms with Gasteiger partial charge in [0.05, 0.1) is 18.2 Å². The van der Waals surface area contributed by atoms with E-state index in [-0.39, 0.29) is 11.7 Å². The van der Waals surface area contributed by atoms with Crippen LogP contribution < -0.4 is 10.9 Å². The quantitative estimate of drug-likeness (QED) is 0.767. The molecule has 2 rings (SSSR count). The van der Waals surface area contributed by atoms with Gasteiger partial charge in [-0.05, 0) is 24.3 Å². The van der Waals surface area contributed by atoms with Crippen molar-refractivity contribution < 1.29 is 13.6 Å². The minimum absolute atomic E-state index is 0.222. The number of rotatable bonds is 4. The van der Waals surface area contributed by atoms with E-state index in [1.54, 1.807) is 24.3 Å². The van der Waals surface area contributed by atoms with E-state index in [2.05, 4.69) is 17.4 Å². The standard InChI is InChI=1S/C11H10N2O3/c1-8(9-4-2-6-15-9)12-13-11(14)10-5-3-7-16-10/h2-7,12H,1H2,(H,13,14). The second kappa shape index (κ2) is 4.39. The molecule has 0 radical (unpaired) electrons. The molecule has 0 aliphatic carbocycles. The molecule has 2 N–H and O–H groups in total. The Hall–Kier alpha value is -2.43. The van der Waals surface area contributed by atoms with Crippen molar-refractivity contribution in [2.45, 2.75) is 0 Å². The maximum atomic E-state index is 11.4. The molecule has 1 amide bonds. The highest BCUT2D eigenvalue weighted by atomic mass is 16.3. The summed E-state index contributed by atoms with van der Waals surface area (Å²) in [4.78, 5) is 11.4. The SMILES string of the molecule is C=C(NNC(=O)c1ccco1)c1ccco1. The third-order valence-corrected chi connectivity index (χ3v) is 1.89. The van der Waals surface area contributed by atoms with Crippen molar-refractivity contribution >= 4 is 11.6 Å². The van der Waals surface area contributed by atoms with Crippen LogP contribution in [0, 0.1) is 0 Å². The fraction of sp³-hybridized carbons (Fsp3) is 0. The van der Waals surface area contributed by atoms with Crippen molar-refractivity contribution in [1.29, 1.82) is 0 Å². The van der Waals surface area contributed by atoms with Crippen LogP contribution in [0.25, 0.3) is 5.70 Å². The fourth-order valence-electron chi connectivity index (χ4n) is 1.11. The molecule has 0 unspecified atom stereocenters. The van der Waals surface area contributed by atoms with Crippen LogP contribution in [0.3, 0.4) is 0 Å². The average molecular weight is 218 g/mol. The van der Waals surface area contributed by atoms with Crippen molar-refractivity contribution in [2.24, 2.45) is 0 Å². The highest BCUT2D eigenvalue weighted by Gasteiger charge is 2.08. The first-order valence-electron chi connectivity index (χ1n) is 4.60. The molecule has 0 bridgehead atoms. The first-order valence-corrected chi connectivity index (χ1v) is 4.60. The molecule has 0 saturated heterocycles. The summed E-state index contributed by atoms with van der Waals surface area (Å²) in [5, 5.41) is 0. The Kier molecular flexibility index (Phi) is 2.77. The third-order valence-electron chi connectivity index (χ3n) is 1.89. The van der Waals surface area contributed by atoms with Gasteiger partial charge >= 0.3 is 5.91 Å². The summed E-state index contributed by atoms with van der Waals surface area (Å²) in [6.45, 7) is 3.70. The van der Waals surface area contributed by atoms with Crippen LogP contribution in [0.2, 0.25) is 0 Å². The molecular weight excluding hydrogens is 208 g/mol. The van der Waals surface area contributed by atoms with E-state index in [1.165, 1.54) is 12.5 Å². The lowest BCUT2D eigenvalue weighted by molar-refractivity contribution is 0.0914. The van der Waals surface area contributed by atoms with Crippen LogP contribution in [-0.4, -0.2) is 5.91 Å². The number of carbonyl (C=O) groups is 1. The molecular formula is C11H10N2O3. The van der Waals surface area contributed by atoms with Crippen molar-refractivity contribution in [2.75, 3.05) is 0 Å². The second-order valence-electron chi connectivity index (χ2n) is 3.01. The normalized spacial score (nSPS) is 9.75. The number of hydrogen-bond acceptors (Lipinski definition) is 4. The molecule has 2 aromatic rings. The lowest BCUT2D eigenvalue weighted by atomic mass is 10.4. The van der Waals surface area contributed by atoms with Gasteiger partial charge in [-0.15, -0.1) is 0 Å². The molecule has 0 spiro atoms. The number of carbonyl (C=O) groups excluding carboxylic acids is 1. The first-order chi connectivity index (χ1) is 7.77. The summed E-state index contributed by atoms with van der Waals surface area (Å²) in [5.74, 6) is 0.400. The summed E-state index contributed by atoms with van der Waals surface area (Å²) in [6.07, 6.45) is 2.95. The summed E-state index contributed by atoms with van der Waals surface area (Å²) in [5.41, 5.74) is 5.52. The topological polar surface area (TPSA) is 67.4 Å². The van der Waals surface area contributed by atoms with Crippen molar-refractivity contribution in [3.8, 4) is 0 Å². The Balaban J connectivity index is 1.89. The van der Waals surface area contributed by atoms with Crippen LogP contribution in [0.5, 0.6) is 0 Å². The van der Waals surface area contributed by atoms with Crippen molar-refractivity contribution in [3.05, 3.63) is 54.9 Å². The number of hydrogen-bond donors (Lipinski definition) is 2. The minimum atomic E-state index is -0.377. The van der Waals surface area contributed by atoms with Gasteiger partial charge in [-0.1, -0.05) is 6.58 Å². The average Bonchev–Trinajstić information content (AvgIpc) is 2.95. The second-order valence-corrected chi connectivity index (χ2v) is 3.01. The smallest absolute Gasteiger partial charge is 0.305 e. The molecule has 0 aromatic carbocycles. The van der Waals surface area contributed by atoms with Gasteiger partial charge in [0.1, 0.15) is 0 Å². The zero-order valence-electron chi connectivity index (χ0n) is 8.40. The van der Waals surface area contributed by atoms with Gasteiger partial charge in [-0.25, -0.2) is 0 Å². The molecule has 82 valence electrons. The first kappa shape index (κ1) is 10.1. The Morgan fingerprint density at radius 1 is 1.06 bits per heavy atom. The van der Waals surface area contributed by atoms with Crippen LogP contribution in [0.4, 0.5) is 0 Å². The van der Waals surface area contributed by atoms with E-state index in [0.717, 1.165) is 0 Å². The van der Waals surface area contributed by atoms with Gasteiger partial charge in [0.15, 0.2) is 11.5 Å². The van der Waals surface area contributed by atoms with E-state index in [9.17, 15) is 4.79 Å². The summed E-state index contributed by atoms with van der Waals surface area (Å²) >= 11 is 0. The van der Waals surface area contributed by atoms with E-state index in [4.69, 9.17) is 8.83 Å². The van der Waals surface area contributed by atoms with Gasteiger partial charge in [0.2, 0.25) is 0 Å². The Labute approximate surface area is 91.7 Å². The maximum absolute atomic E-state index is 11.4. The van der Waals surface area contributed by atoms with E-state index >= 15 is 0 Å². The van der Waals surface area contributed by atoms with Crippen LogP contribution in [-0.2, 0) is 0 Å². The monoisotopic (exact) mass is 218 g/mol. The van der Waals surface area contributed by atoms with Crippen molar-refractivity contribution in [1.82, 2.24) is 10.9 Å². The number of furan rings is 2. The zero-order valence-corrected chi connectivity index (χ0v) is 8.40. The molecule has 0 aliphatic heterocycles. The Morgan fingerprint density at radius 2 is 1.69 bits per heavy atom. The summed E-state index contributed by atoms with van der Waals surface area (Å²) < 4.78 is 9.99. The molecule has 0 saturated carbocycles. The van der Waals surface area contributed by atoms with Gasteiger partial charge < -0.3 is 8.83 Å². The van der Waals surface area contributed by atoms with Gasteiger partial charge in [0.25, 0.3) is 0 Å². The summed E-state index contributed by atoms with van der Waals surface area (Å²) in [6, 6.07) is 6.66. The van der Waals surface area contributed by atoms with Gasteiger partial charge in [-0.3, -0.25) is 15.6 Å². The predicted molar refractivity (Wildman–Crippen MR) is 57.1 cm³/mol. The largest absolute Gasteiger partial charge is 0.463 e. The highest BCUT2D eigenvalue weighted by Crippen LogP contribution is 2.08. The van der Waals surface area contributed by atoms with Gasteiger partial charge in [0, 0.05) is 0 Å². The van der Waals surface area contributed by atoms with Crippen LogP contribution in [0.1, 0.15) is 16.3 Å². The molecule has 0 fully saturated rings. The Bertz CT molecular complexity index is 425. The molecule has 5 heteroatoms. The zero-order chi connectivity index (χ0) is 11.4. The van der Waals surface area contributed by atoms with Crippen LogP contribution >= 0.6 is 0 Å². The lowest BCUT2D eigenvalue weighted by Crippen LogP contribution is -2.35. The molecule has 5 nitrogen and oxygen atoms in total. The molecule has 0 atom stereocenters. The fourth-order valence-corrected chi connectivity index (χ4v) is 1.11. The number of amides is 1. The van der Waals surface area contributed by atoms with Gasteiger partial charge in [-0.2, -0.15) is 0 Å². The van der Waals surface area contributed by atoms with E-state index < -0.39 is 0 Å². The minimum Gasteiger partial charge on any atom is -0.463 e. The summed E-state index contributed by atoms with van der Waals surface area (Å²) in [7, 11) is 0. The Morgan fingerprint density at radius 3 is 2.25 bits per heavy atom. The lowest BCUT2D eigenvalue weighted by Gasteiger charge is -2.07. The van der Waals surface area contributed by atoms with E-state index in [0.29, 0.717) is 11.5 Å². The molecule has 16 heavy (non-hydrogen) atoms. The molecule has 0 aliphatic rings. The van der Waals surface area contributed by atoms with Crippen LogP contribution in [0.15, 0.2) is 52.2 Å². The van der Waals surface area contributed by atoms with Crippen molar-refractivity contribution in [3.63, 3.8) is 0 Å². The number of nitrogens with one attached hydrogen (secondary N) is 2. The predicted octanol–water partition coefficient (Wildman–Crippen LogP) is 1.78. The molecule has 2 aromatic heterocycles. The third kappa shape index (κ3) is 2.14. The maximum Gasteiger partial charge on any atom is 0.305 e. The number of hydrazine groups is 1.